The minimum Gasteiger partial charge on any atom is -0.319 e. The summed E-state index contributed by atoms with van der Waals surface area (Å²) in [5, 5.41) is 3.24. The van der Waals surface area contributed by atoms with Crippen LogP contribution in [0.3, 0.4) is 0 Å². The molecule has 3 heteroatoms. The molecule has 0 saturated carbocycles. The van der Waals surface area contributed by atoms with Crippen molar-refractivity contribution in [2.75, 3.05) is 32.6 Å². The van der Waals surface area contributed by atoms with Crippen molar-refractivity contribution < 1.29 is 0 Å². The zero-order chi connectivity index (χ0) is 15.0. The van der Waals surface area contributed by atoms with E-state index in [1.54, 1.807) is 0 Å². The lowest BCUT2D eigenvalue weighted by Crippen LogP contribution is -2.32. The molecule has 2 nitrogen and oxygen atoms in total. The van der Waals surface area contributed by atoms with Crippen LogP contribution in [0, 0.1) is 0 Å². The van der Waals surface area contributed by atoms with Gasteiger partial charge in [-0.2, -0.15) is 11.8 Å². The Balaban J connectivity index is 2.60. The van der Waals surface area contributed by atoms with Crippen molar-refractivity contribution in [2.24, 2.45) is 0 Å². The van der Waals surface area contributed by atoms with E-state index in [0.29, 0.717) is 12.0 Å². The maximum atomic E-state index is 3.24. The topological polar surface area (TPSA) is 15.3 Å². The molecule has 0 heterocycles. The van der Waals surface area contributed by atoms with Gasteiger partial charge in [0.25, 0.3) is 0 Å². The first-order valence-corrected chi connectivity index (χ1v) is 8.94. The standard InChI is InChI=1S/C17H30N2S/c1-6-17(13-20-5)19(4)12-15-7-9-16(10-8-15)14(2)11-18-3/h7-10,14,17-18H,6,11-13H2,1-5H3. The number of likely N-dealkylation sites (N-methyl/N-ethyl adjacent to an activating group) is 1. The summed E-state index contributed by atoms with van der Waals surface area (Å²) in [5.41, 5.74) is 2.83. The summed E-state index contributed by atoms with van der Waals surface area (Å²) in [6.07, 6.45) is 3.41. The number of nitrogens with zero attached hydrogens (tertiary/aromatic N) is 1. The highest BCUT2D eigenvalue weighted by Gasteiger charge is 2.12. The van der Waals surface area contributed by atoms with E-state index < -0.39 is 0 Å². The molecule has 1 rings (SSSR count). The molecule has 0 aliphatic carbocycles. The van der Waals surface area contributed by atoms with Crippen LogP contribution in [0.2, 0.25) is 0 Å². The fourth-order valence-corrected chi connectivity index (χ4v) is 3.42. The SMILES string of the molecule is CCC(CSC)N(C)Cc1ccc(C(C)CNC)cc1. The Morgan fingerprint density at radius 2 is 1.90 bits per heavy atom. The third-order valence-electron chi connectivity index (χ3n) is 3.94. The highest BCUT2D eigenvalue weighted by atomic mass is 32.2. The summed E-state index contributed by atoms with van der Waals surface area (Å²) in [5.74, 6) is 1.79. The molecule has 1 aromatic rings. The quantitative estimate of drug-likeness (QED) is 0.749. The third-order valence-corrected chi connectivity index (χ3v) is 4.66. The number of benzene rings is 1. The van der Waals surface area contributed by atoms with Crippen molar-refractivity contribution in [1.29, 1.82) is 0 Å². The van der Waals surface area contributed by atoms with E-state index in [0.717, 1.165) is 13.1 Å². The van der Waals surface area contributed by atoms with Crippen LogP contribution in [0.25, 0.3) is 0 Å². The predicted molar refractivity (Wildman–Crippen MR) is 92.7 cm³/mol. The molecule has 0 fully saturated rings. The maximum absolute atomic E-state index is 3.24. The second-order valence-corrected chi connectivity index (χ2v) is 6.54. The van der Waals surface area contributed by atoms with E-state index in [1.807, 2.05) is 18.8 Å². The summed E-state index contributed by atoms with van der Waals surface area (Å²) in [7, 11) is 4.25. The molecule has 0 aromatic heterocycles. The van der Waals surface area contributed by atoms with Gasteiger partial charge in [0.05, 0.1) is 0 Å². The van der Waals surface area contributed by atoms with Crippen molar-refractivity contribution in [3.05, 3.63) is 35.4 Å². The Morgan fingerprint density at radius 1 is 1.25 bits per heavy atom. The number of rotatable bonds is 9. The number of thioether (sulfide) groups is 1. The molecule has 0 bridgehead atoms. The Hall–Kier alpha value is -0.510. The highest BCUT2D eigenvalue weighted by Crippen LogP contribution is 2.17. The summed E-state index contributed by atoms with van der Waals surface area (Å²) in [6.45, 7) is 6.62. The smallest absolute Gasteiger partial charge is 0.0233 e. The van der Waals surface area contributed by atoms with Crippen molar-refractivity contribution >= 4 is 11.8 Å². The van der Waals surface area contributed by atoms with Crippen molar-refractivity contribution in [3.63, 3.8) is 0 Å². The number of hydrogen-bond acceptors (Lipinski definition) is 3. The van der Waals surface area contributed by atoms with Crippen LogP contribution in [-0.4, -0.2) is 43.6 Å². The van der Waals surface area contributed by atoms with Gasteiger partial charge in [0.2, 0.25) is 0 Å². The molecular formula is C17H30N2S. The fraction of sp³-hybridized carbons (Fsp3) is 0.647. The van der Waals surface area contributed by atoms with Gasteiger partial charge < -0.3 is 5.32 Å². The van der Waals surface area contributed by atoms with Gasteiger partial charge in [-0.15, -0.1) is 0 Å². The fourth-order valence-electron chi connectivity index (χ4n) is 2.54. The zero-order valence-electron chi connectivity index (χ0n) is 13.6. The lowest BCUT2D eigenvalue weighted by atomic mass is 9.99. The monoisotopic (exact) mass is 294 g/mol. The normalized spacial score (nSPS) is 14.5. The summed E-state index contributed by atoms with van der Waals surface area (Å²) in [4.78, 5) is 2.47. The summed E-state index contributed by atoms with van der Waals surface area (Å²) < 4.78 is 0. The van der Waals surface area contributed by atoms with Crippen LogP contribution in [0.5, 0.6) is 0 Å². The molecule has 2 unspecified atom stereocenters. The first kappa shape index (κ1) is 17.5. The zero-order valence-corrected chi connectivity index (χ0v) is 14.5. The maximum Gasteiger partial charge on any atom is 0.0233 e. The minimum absolute atomic E-state index is 0.576. The molecule has 0 radical (unpaired) electrons. The molecule has 20 heavy (non-hydrogen) atoms. The molecule has 0 aliphatic heterocycles. The van der Waals surface area contributed by atoms with Gasteiger partial charge in [0.15, 0.2) is 0 Å². The lowest BCUT2D eigenvalue weighted by molar-refractivity contribution is 0.248. The molecule has 0 saturated heterocycles. The molecule has 0 spiro atoms. The van der Waals surface area contributed by atoms with E-state index >= 15 is 0 Å². The Bertz CT molecular complexity index is 364. The summed E-state index contributed by atoms with van der Waals surface area (Å²) >= 11 is 1.94. The van der Waals surface area contributed by atoms with Crippen molar-refractivity contribution in [2.45, 2.75) is 38.8 Å². The van der Waals surface area contributed by atoms with Crippen LogP contribution in [-0.2, 0) is 6.54 Å². The van der Waals surface area contributed by atoms with Gasteiger partial charge in [0, 0.05) is 24.9 Å². The van der Waals surface area contributed by atoms with Gasteiger partial charge in [-0.05, 0) is 43.8 Å². The van der Waals surface area contributed by atoms with E-state index in [2.05, 4.69) is 61.6 Å². The average Bonchev–Trinajstić information content (AvgIpc) is 2.45. The van der Waals surface area contributed by atoms with E-state index in [1.165, 1.54) is 23.3 Å². The molecular weight excluding hydrogens is 264 g/mol. The van der Waals surface area contributed by atoms with E-state index in [4.69, 9.17) is 0 Å². The van der Waals surface area contributed by atoms with Gasteiger partial charge in [-0.25, -0.2) is 0 Å². The van der Waals surface area contributed by atoms with E-state index in [-0.39, 0.29) is 0 Å². The minimum atomic E-state index is 0.576. The van der Waals surface area contributed by atoms with Gasteiger partial charge >= 0.3 is 0 Å². The van der Waals surface area contributed by atoms with Crippen LogP contribution >= 0.6 is 11.8 Å². The number of hydrogen-bond donors (Lipinski definition) is 1. The Kier molecular flexibility index (Phi) is 8.27. The molecule has 114 valence electrons. The van der Waals surface area contributed by atoms with Gasteiger partial charge in [-0.3, -0.25) is 4.90 Å². The predicted octanol–water partition coefficient (Wildman–Crippen LogP) is 3.58. The second kappa shape index (κ2) is 9.43. The molecule has 0 amide bonds. The largest absolute Gasteiger partial charge is 0.319 e. The molecule has 0 aliphatic rings. The van der Waals surface area contributed by atoms with Crippen molar-refractivity contribution in [3.8, 4) is 0 Å². The first-order chi connectivity index (χ1) is 9.62. The molecule has 1 aromatic carbocycles. The van der Waals surface area contributed by atoms with Gasteiger partial charge in [0.1, 0.15) is 0 Å². The third kappa shape index (κ3) is 5.47. The molecule has 1 N–H and O–H groups in total. The number of nitrogens with one attached hydrogen (secondary N) is 1. The lowest BCUT2D eigenvalue weighted by Gasteiger charge is -2.26. The molecule has 2 atom stereocenters. The first-order valence-electron chi connectivity index (χ1n) is 7.54. The van der Waals surface area contributed by atoms with Crippen LogP contribution in [0.15, 0.2) is 24.3 Å². The highest BCUT2D eigenvalue weighted by molar-refractivity contribution is 7.98. The van der Waals surface area contributed by atoms with Gasteiger partial charge in [-0.1, -0.05) is 38.1 Å². The van der Waals surface area contributed by atoms with E-state index in [9.17, 15) is 0 Å². The summed E-state index contributed by atoms with van der Waals surface area (Å²) in [6, 6.07) is 9.79. The Morgan fingerprint density at radius 3 is 2.40 bits per heavy atom. The Labute approximate surface area is 129 Å². The van der Waals surface area contributed by atoms with Crippen LogP contribution < -0.4 is 5.32 Å². The van der Waals surface area contributed by atoms with Crippen molar-refractivity contribution in [1.82, 2.24) is 10.2 Å². The second-order valence-electron chi connectivity index (χ2n) is 5.63. The van der Waals surface area contributed by atoms with Crippen LogP contribution in [0.4, 0.5) is 0 Å². The van der Waals surface area contributed by atoms with Crippen LogP contribution in [0.1, 0.15) is 37.3 Å². The average molecular weight is 295 g/mol.